The first-order chi connectivity index (χ1) is 15.9. The Hall–Kier alpha value is -3.16. The van der Waals surface area contributed by atoms with Gasteiger partial charge in [0.25, 0.3) is 5.91 Å². The molecular formula is C25H21ClN2O4S. The first kappa shape index (κ1) is 21.7. The molecule has 1 aromatic heterocycles. The van der Waals surface area contributed by atoms with Crippen LogP contribution in [0.3, 0.4) is 0 Å². The molecule has 1 fully saturated rings. The highest BCUT2D eigenvalue weighted by Crippen LogP contribution is 2.27. The van der Waals surface area contributed by atoms with E-state index in [0.29, 0.717) is 17.2 Å². The van der Waals surface area contributed by atoms with Crippen LogP contribution >= 0.6 is 11.6 Å². The number of fused-ring (bicyclic) bond motifs is 1. The van der Waals surface area contributed by atoms with Crippen molar-refractivity contribution in [2.75, 3.05) is 11.5 Å². The largest absolute Gasteiger partial charge is 0.355 e. The van der Waals surface area contributed by atoms with E-state index in [1.54, 1.807) is 35.2 Å². The second-order valence-corrected chi connectivity index (χ2v) is 10.9. The van der Waals surface area contributed by atoms with E-state index in [4.69, 9.17) is 16.1 Å². The molecular weight excluding hydrogens is 460 g/mol. The number of carbonyl (C=O) groups is 1. The first-order valence-electron chi connectivity index (χ1n) is 10.6. The van der Waals surface area contributed by atoms with Gasteiger partial charge in [0.2, 0.25) is 0 Å². The predicted octanol–water partition coefficient (Wildman–Crippen LogP) is 4.98. The Balaban J connectivity index is 1.49. The fraction of sp³-hybridized carbons (Fsp3) is 0.200. The van der Waals surface area contributed by atoms with Crippen LogP contribution in [-0.4, -0.2) is 41.9 Å². The van der Waals surface area contributed by atoms with Gasteiger partial charge in [-0.1, -0.05) is 59.2 Å². The molecule has 0 radical (unpaired) electrons. The van der Waals surface area contributed by atoms with E-state index in [1.807, 2.05) is 42.5 Å². The maximum absolute atomic E-state index is 13.6. The summed E-state index contributed by atoms with van der Waals surface area (Å²) in [5, 5.41) is 6.69. The maximum Gasteiger partial charge on any atom is 0.276 e. The van der Waals surface area contributed by atoms with Gasteiger partial charge in [-0.05, 0) is 47.0 Å². The van der Waals surface area contributed by atoms with Crippen LogP contribution in [0.2, 0.25) is 5.02 Å². The minimum Gasteiger partial charge on any atom is -0.355 e. The van der Waals surface area contributed by atoms with E-state index in [-0.39, 0.29) is 29.7 Å². The molecule has 0 saturated carbocycles. The summed E-state index contributed by atoms with van der Waals surface area (Å²) in [4.78, 5) is 15.2. The van der Waals surface area contributed by atoms with Crippen LogP contribution < -0.4 is 0 Å². The first-order valence-corrected chi connectivity index (χ1v) is 12.8. The highest BCUT2D eigenvalue weighted by Gasteiger charge is 2.36. The molecule has 1 amide bonds. The summed E-state index contributed by atoms with van der Waals surface area (Å²) in [6.45, 7) is 0.281. The summed E-state index contributed by atoms with van der Waals surface area (Å²) in [6, 6.07) is 22.1. The Morgan fingerprint density at radius 2 is 1.82 bits per heavy atom. The molecule has 33 heavy (non-hydrogen) atoms. The van der Waals surface area contributed by atoms with Crippen molar-refractivity contribution in [2.45, 2.75) is 19.0 Å². The number of halogens is 1. The monoisotopic (exact) mass is 480 g/mol. The van der Waals surface area contributed by atoms with E-state index < -0.39 is 15.9 Å². The van der Waals surface area contributed by atoms with Gasteiger partial charge in [0.1, 0.15) is 0 Å². The molecule has 6 nitrogen and oxygen atoms in total. The van der Waals surface area contributed by atoms with Gasteiger partial charge in [-0.15, -0.1) is 0 Å². The van der Waals surface area contributed by atoms with Gasteiger partial charge >= 0.3 is 0 Å². The minimum absolute atomic E-state index is 0.0502. The summed E-state index contributed by atoms with van der Waals surface area (Å²) >= 11 is 5.95. The number of amides is 1. The number of hydrogen-bond donors (Lipinski definition) is 0. The molecule has 1 aliphatic rings. The average molecular weight is 481 g/mol. The van der Waals surface area contributed by atoms with E-state index >= 15 is 0 Å². The van der Waals surface area contributed by atoms with Gasteiger partial charge in [-0.3, -0.25) is 4.79 Å². The van der Waals surface area contributed by atoms with Crippen molar-refractivity contribution >= 4 is 38.1 Å². The molecule has 0 spiro atoms. The number of aromatic nitrogens is 1. The number of benzene rings is 3. The van der Waals surface area contributed by atoms with Gasteiger partial charge in [0, 0.05) is 29.2 Å². The molecule has 3 aromatic carbocycles. The Bertz CT molecular complexity index is 1430. The quantitative estimate of drug-likeness (QED) is 0.402. The highest BCUT2D eigenvalue weighted by atomic mass is 35.5. The van der Waals surface area contributed by atoms with Crippen LogP contribution in [0, 0.1) is 0 Å². The van der Waals surface area contributed by atoms with E-state index in [1.165, 1.54) is 0 Å². The van der Waals surface area contributed by atoms with Gasteiger partial charge in [-0.25, -0.2) is 8.42 Å². The van der Waals surface area contributed by atoms with Crippen molar-refractivity contribution in [1.82, 2.24) is 10.1 Å². The summed E-state index contributed by atoms with van der Waals surface area (Å²) in [5.41, 5.74) is 1.84. The summed E-state index contributed by atoms with van der Waals surface area (Å²) in [5.74, 6) is 0.116. The Morgan fingerprint density at radius 1 is 1.06 bits per heavy atom. The van der Waals surface area contributed by atoms with Crippen LogP contribution in [0.4, 0.5) is 0 Å². The van der Waals surface area contributed by atoms with Crippen molar-refractivity contribution in [3.8, 4) is 11.3 Å². The van der Waals surface area contributed by atoms with Crippen molar-refractivity contribution in [1.29, 1.82) is 0 Å². The number of carbonyl (C=O) groups excluding carboxylic acids is 1. The zero-order chi connectivity index (χ0) is 23.0. The minimum atomic E-state index is -3.18. The van der Waals surface area contributed by atoms with Crippen LogP contribution in [0.1, 0.15) is 22.5 Å². The molecule has 0 bridgehead atoms. The maximum atomic E-state index is 13.6. The molecule has 1 atom stereocenters. The molecule has 0 aliphatic carbocycles. The normalized spacial score (nSPS) is 17.3. The molecule has 1 saturated heterocycles. The van der Waals surface area contributed by atoms with Gasteiger partial charge in [-0.2, -0.15) is 0 Å². The van der Waals surface area contributed by atoms with E-state index in [9.17, 15) is 13.2 Å². The second-order valence-electron chi connectivity index (χ2n) is 8.21. The zero-order valence-corrected chi connectivity index (χ0v) is 19.2. The fourth-order valence-electron chi connectivity index (χ4n) is 4.28. The van der Waals surface area contributed by atoms with E-state index in [0.717, 1.165) is 21.9 Å². The fourth-order valence-corrected chi connectivity index (χ4v) is 6.13. The van der Waals surface area contributed by atoms with E-state index in [2.05, 4.69) is 5.16 Å². The molecule has 0 N–H and O–H groups in total. The number of hydrogen-bond acceptors (Lipinski definition) is 5. The summed E-state index contributed by atoms with van der Waals surface area (Å²) < 4.78 is 29.8. The number of rotatable bonds is 5. The average Bonchev–Trinajstić information content (AvgIpc) is 3.44. The highest BCUT2D eigenvalue weighted by molar-refractivity contribution is 7.91. The van der Waals surface area contributed by atoms with Crippen LogP contribution in [0.25, 0.3) is 22.1 Å². The van der Waals surface area contributed by atoms with Gasteiger partial charge in [0.15, 0.2) is 21.3 Å². The lowest BCUT2D eigenvalue weighted by Crippen LogP contribution is -2.40. The third-order valence-electron chi connectivity index (χ3n) is 5.99. The topological polar surface area (TPSA) is 80.5 Å². The predicted molar refractivity (Wildman–Crippen MR) is 128 cm³/mol. The molecule has 4 aromatic rings. The standard InChI is InChI=1S/C25H21ClN2O4S/c26-20-10-8-18(9-11-20)24-14-23(27-32-24)25(29)28(21-12-13-33(30,31)16-21)15-19-6-3-5-17-4-1-2-7-22(17)19/h1-11,14,21H,12-13,15-16H2/t21-/m1/s1. The lowest BCUT2D eigenvalue weighted by atomic mass is 10.0. The van der Waals surface area contributed by atoms with Gasteiger partial charge < -0.3 is 9.42 Å². The number of nitrogens with zero attached hydrogens (tertiary/aromatic N) is 2. The second kappa shape index (κ2) is 8.65. The Labute approximate surface area is 196 Å². The summed E-state index contributed by atoms with van der Waals surface area (Å²) in [7, 11) is -3.18. The van der Waals surface area contributed by atoms with Crippen molar-refractivity contribution < 1.29 is 17.7 Å². The molecule has 2 heterocycles. The third-order valence-corrected chi connectivity index (χ3v) is 7.99. The Morgan fingerprint density at radius 3 is 2.58 bits per heavy atom. The molecule has 1 aliphatic heterocycles. The SMILES string of the molecule is O=C(c1cc(-c2ccc(Cl)cc2)on1)N(Cc1cccc2ccccc12)[C@@H]1CCS(=O)(=O)C1. The van der Waals surface area contributed by atoms with Crippen LogP contribution in [0.5, 0.6) is 0 Å². The van der Waals surface area contributed by atoms with Crippen molar-refractivity contribution in [2.24, 2.45) is 0 Å². The molecule has 0 unspecified atom stereocenters. The lowest BCUT2D eigenvalue weighted by molar-refractivity contribution is 0.0671. The zero-order valence-electron chi connectivity index (χ0n) is 17.6. The molecule has 5 rings (SSSR count). The van der Waals surface area contributed by atoms with Crippen LogP contribution in [-0.2, 0) is 16.4 Å². The molecule has 8 heteroatoms. The van der Waals surface area contributed by atoms with Crippen molar-refractivity contribution in [3.05, 3.63) is 89.1 Å². The Kier molecular flexibility index (Phi) is 5.68. The summed E-state index contributed by atoms with van der Waals surface area (Å²) in [6.07, 6.45) is 0.404. The van der Waals surface area contributed by atoms with Crippen LogP contribution in [0.15, 0.2) is 77.3 Å². The number of sulfone groups is 1. The molecule has 168 valence electrons. The van der Waals surface area contributed by atoms with Crippen molar-refractivity contribution in [3.63, 3.8) is 0 Å². The third kappa shape index (κ3) is 4.51. The lowest BCUT2D eigenvalue weighted by Gasteiger charge is -2.28. The smallest absolute Gasteiger partial charge is 0.276 e. The van der Waals surface area contributed by atoms with Gasteiger partial charge in [0.05, 0.1) is 11.5 Å².